The highest BCUT2D eigenvalue weighted by Crippen LogP contribution is 2.40. The van der Waals surface area contributed by atoms with Crippen molar-refractivity contribution in [3.05, 3.63) is 58.6 Å². The first-order valence-electron chi connectivity index (χ1n) is 8.42. The van der Waals surface area contributed by atoms with E-state index in [1.807, 2.05) is 30.3 Å². The standard InChI is InChI=1S/C19H18O8/c1-9-12(17(21)23-2)16-13(18(22)25-9)14(20)15-11(26-16)8-24-19(27-15)10-6-4-3-5-7-10/h3-7,11,15,18-19,22H,8H2,1-2H3/t11-,15-,18?,19-/m1/s1. The highest BCUT2D eigenvalue weighted by Gasteiger charge is 2.50. The van der Waals surface area contributed by atoms with Gasteiger partial charge >= 0.3 is 5.97 Å². The van der Waals surface area contributed by atoms with Crippen LogP contribution in [-0.4, -0.2) is 49.1 Å². The minimum atomic E-state index is -1.55. The first kappa shape index (κ1) is 17.7. The van der Waals surface area contributed by atoms with Crippen molar-refractivity contribution in [3.8, 4) is 0 Å². The predicted octanol–water partition coefficient (Wildman–Crippen LogP) is 1.12. The summed E-state index contributed by atoms with van der Waals surface area (Å²) >= 11 is 0. The third kappa shape index (κ3) is 2.91. The smallest absolute Gasteiger partial charge is 0.345 e. The Balaban J connectivity index is 1.68. The Morgan fingerprint density at radius 3 is 2.67 bits per heavy atom. The van der Waals surface area contributed by atoms with Crippen molar-refractivity contribution in [2.45, 2.75) is 31.7 Å². The van der Waals surface area contributed by atoms with Crippen LogP contribution in [-0.2, 0) is 33.3 Å². The van der Waals surface area contributed by atoms with Crippen LogP contribution >= 0.6 is 0 Å². The van der Waals surface area contributed by atoms with Crippen molar-refractivity contribution < 1.29 is 38.4 Å². The molecular formula is C19H18O8. The van der Waals surface area contributed by atoms with Crippen LogP contribution in [0.4, 0.5) is 0 Å². The quantitative estimate of drug-likeness (QED) is 0.769. The first-order chi connectivity index (χ1) is 13.0. The van der Waals surface area contributed by atoms with Crippen molar-refractivity contribution in [2.75, 3.05) is 13.7 Å². The number of fused-ring (bicyclic) bond motifs is 1. The van der Waals surface area contributed by atoms with Crippen molar-refractivity contribution in [1.82, 2.24) is 0 Å². The first-order valence-corrected chi connectivity index (χ1v) is 8.42. The summed E-state index contributed by atoms with van der Waals surface area (Å²) in [6.07, 6.45) is -4.03. The van der Waals surface area contributed by atoms with E-state index in [1.54, 1.807) is 0 Å². The summed E-state index contributed by atoms with van der Waals surface area (Å²) in [6, 6.07) is 9.18. The molecular weight excluding hydrogens is 356 g/mol. The SMILES string of the molecule is COC(=O)C1=C(C)OC(O)C2=C1O[C@@H]1CO[C@@H](c3ccccc3)O[C@H]1C2=O. The van der Waals surface area contributed by atoms with Gasteiger partial charge in [0, 0.05) is 5.56 Å². The maximum Gasteiger partial charge on any atom is 0.345 e. The molecule has 142 valence electrons. The maximum atomic E-state index is 13.0. The number of ketones is 1. The summed E-state index contributed by atoms with van der Waals surface area (Å²) in [6.45, 7) is 1.57. The Hall–Kier alpha value is -2.68. The van der Waals surface area contributed by atoms with Gasteiger partial charge in [0.2, 0.25) is 12.1 Å². The van der Waals surface area contributed by atoms with E-state index in [4.69, 9.17) is 23.7 Å². The Bertz CT molecular complexity index is 841. The normalized spacial score (nSPS) is 30.1. The number of ether oxygens (including phenoxy) is 5. The van der Waals surface area contributed by atoms with Crippen LogP contribution in [0.2, 0.25) is 0 Å². The summed E-state index contributed by atoms with van der Waals surface area (Å²) in [7, 11) is 1.21. The topological polar surface area (TPSA) is 101 Å². The molecule has 3 heterocycles. The summed E-state index contributed by atoms with van der Waals surface area (Å²) in [5.41, 5.74) is 0.570. The number of Topliss-reactive ketones (excluding diaryl/α,β-unsaturated/α-hetero) is 1. The monoisotopic (exact) mass is 374 g/mol. The van der Waals surface area contributed by atoms with Crippen molar-refractivity contribution in [2.24, 2.45) is 0 Å². The molecule has 4 atom stereocenters. The molecule has 1 saturated heterocycles. The number of allylic oxidation sites excluding steroid dienone is 1. The van der Waals surface area contributed by atoms with Crippen LogP contribution in [0.1, 0.15) is 18.8 Å². The van der Waals surface area contributed by atoms with Gasteiger partial charge in [-0.2, -0.15) is 0 Å². The molecule has 3 aliphatic rings. The molecule has 0 amide bonds. The highest BCUT2D eigenvalue weighted by molar-refractivity contribution is 6.05. The minimum absolute atomic E-state index is 0.0326. The number of hydrogen-bond acceptors (Lipinski definition) is 8. The van der Waals surface area contributed by atoms with Gasteiger partial charge in [-0.05, 0) is 6.92 Å². The second kappa shape index (κ2) is 6.80. The molecule has 1 aromatic carbocycles. The number of rotatable bonds is 2. The molecule has 8 heteroatoms. The van der Waals surface area contributed by atoms with Crippen LogP contribution in [0, 0.1) is 0 Å². The van der Waals surface area contributed by atoms with Crippen molar-refractivity contribution >= 4 is 11.8 Å². The predicted molar refractivity (Wildman–Crippen MR) is 88.7 cm³/mol. The van der Waals surface area contributed by atoms with E-state index in [2.05, 4.69) is 0 Å². The lowest BCUT2D eigenvalue weighted by Gasteiger charge is -2.41. The number of aliphatic hydroxyl groups is 1. The molecule has 1 fully saturated rings. The van der Waals surface area contributed by atoms with E-state index in [0.29, 0.717) is 0 Å². The molecule has 0 aliphatic carbocycles. The average molecular weight is 374 g/mol. The van der Waals surface area contributed by atoms with Gasteiger partial charge in [0.15, 0.2) is 24.3 Å². The van der Waals surface area contributed by atoms with Gasteiger partial charge in [-0.3, -0.25) is 4.79 Å². The van der Waals surface area contributed by atoms with E-state index in [-0.39, 0.29) is 29.3 Å². The van der Waals surface area contributed by atoms with Gasteiger partial charge < -0.3 is 28.8 Å². The molecule has 3 aliphatic heterocycles. The molecule has 0 bridgehead atoms. The minimum Gasteiger partial charge on any atom is -0.483 e. The van der Waals surface area contributed by atoms with Crippen LogP contribution in [0.5, 0.6) is 0 Å². The average Bonchev–Trinajstić information content (AvgIpc) is 2.68. The Labute approximate surface area is 154 Å². The lowest BCUT2D eigenvalue weighted by Crippen LogP contribution is -2.52. The number of carbonyl (C=O) groups is 2. The summed E-state index contributed by atoms with van der Waals surface area (Å²) in [5, 5.41) is 10.2. The van der Waals surface area contributed by atoms with Gasteiger partial charge in [-0.15, -0.1) is 0 Å². The Kier molecular flexibility index (Phi) is 4.47. The van der Waals surface area contributed by atoms with E-state index >= 15 is 0 Å². The van der Waals surface area contributed by atoms with Gasteiger partial charge in [0.25, 0.3) is 0 Å². The third-order valence-corrected chi connectivity index (χ3v) is 4.63. The fourth-order valence-electron chi connectivity index (χ4n) is 3.33. The van der Waals surface area contributed by atoms with Crippen LogP contribution in [0.25, 0.3) is 0 Å². The highest BCUT2D eigenvalue weighted by atomic mass is 16.7. The maximum absolute atomic E-state index is 13.0. The molecule has 0 aromatic heterocycles. The molecule has 4 rings (SSSR count). The van der Waals surface area contributed by atoms with Gasteiger partial charge in [0.1, 0.15) is 16.9 Å². The number of aliphatic hydroxyl groups excluding tert-OH is 1. The summed E-state index contributed by atoms with van der Waals surface area (Å²) in [5.74, 6) is -1.17. The number of esters is 1. The van der Waals surface area contributed by atoms with E-state index in [0.717, 1.165) is 5.56 Å². The second-order valence-corrected chi connectivity index (χ2v) is 6.29. The van der Waals surface area contributed by atoms with Crippen LogP contribution in [0.15, 0.2) is 53.0 Å². The Morgan fingerprint density at radius 2 is 1.96 bits per heavy atom. The Morgan fingerprint density at radius 1 is 1.22 bits per heavy atom. The van der Waals surface area contributed by atoms with E-state index in [9.17, 15) is 14.7 Å². The molecule has 0 radical (unpaired) electrons. The lowest BCUT2D eigenvalue weighted by molar-refractivity contribution is -0.257. The van der Waals surface area contributed by atoms with Gasteiger partial charge in [0.05, 0.1) is 13.7 Å². The zero-order chi connectivity index (χ0) is 19.1. The second-order valence-electron chi connectivity index (χ2n) is 6.29. The van der Waals surface area contributed by atoms with Crippen molar-refractivity contribution in [1.29, 1.82) is 0 Å². The summed E-state index contributed by atoms with van der Waals surface area (Å²) in [4.78, 5) is 25.1. The van der Waals surface area contributed by atoms with Crippen molar-refractivity contribution in [3.63, 3.8) is 0 Å². The molecule has 0 spiro atoms. The van der Waals surface area contributed by atoms with Gasteiger partial charge in [-0.25, -0.2) is 4.79 Å². The number of carbonyl (C=O) groups excluding carboxylic acids is 2. The van der Waals surface area contributed by atoms with Crippen LogP contribution in [0.3, 0.4) is 0 Å². The molecule has 8 nitrogen and oxygen atoms in total. The lowest BCUT2D eigenvalue weighted by atomic mass is 9.92. The van der Waals surface area contributed by atoms with Gasteiger partial charge in [-0.1, -0.05) is 30.3 Å². The molecule has 1 N–H and O–H groups in total. The largest absolute Gasteiger partial charge is 0.483 e. The summed E-state index contributed by atoms with van der Waals surface area (Å²) < 4.78 is 27.3. The zero-order valence-electron chi connectivity index (χ0n) is 14.7. The fraction of sp³-hybridized carbons (Fsp3) is 0.368. The van der Waals surface area contributed by atoms with E-state index in [1.165, 1.54) is 14.0 Å². The third-order valence-electron chi connectivity index (χ3n) is 4.63. The number of methoxy groups -OCH3 is 1. The van der Waals surface area contributed by atoms with Crippen LogP contribution < -0.4 is 0 Å². The number of hydrogen-bond donors (Lipinski definition) is 1. The molecule has 0 saturated carbocycles. The van der Waals surface area contributed by atoms with E-state index < -0.39 is 36.5 Å². The number of benzene rings is 1. The fourth-order valence-corrected chi connectivity index (χ4v) is 3.33. The molecule has 1 aromatic rings. The zero-order valence-corrected chi connectivity index (χ0v) is 14.7. The molecule has 27 heavy (non-hydrogen) atoms. The molecule has 1 unspecified atom stereocenters.